The molecular weight excluding hydrogens is 338 g/mol. The Morgan fingerprint density at radius 1 is 1.19 bits per heavy atom. The first-order valence-corrected chi connectivity index (χ1v) is 10.1. The molecule has 1 N–H and O–H groups in total. The molecule has 0 aromatic heterocycles. The predicted octanol–water partition coefficient (Wildman–Crippen LogP) is 4.80. The van der Waals surface area contributed by atoms with Crippen molar-refractivity contribution in [1.29, 1.82) is 0 Å². The van der Waals surface area contributed by atoms with Gasteiger partial charge in [-0.3, -0.25) is 4.79 Å². The Morgan fingerprint density at radius 2 is 1.96 bits per heavy atom. The Balaban J connectivity index is 1.74. The van der Waals surface area contributed by atoms with E-state index in [1.54, 1.807) is 0 Å². The van der Waals surface area contributed by atoms with E-state index < -0.39 is 0 Å². The lowest BCUT2D eigenvalue weighted by Crippen LogP contribution is -2.23. The van der Waals surface area contributed by atoms with Crippen molar-refractivity contribution >= 4 is 17.7 Å². The number of amides is 1. The lowest BCUT2D eigenvalue weighted by molar-refractivity contribution is 0.0956. The highest BCUT2D eigenvalue weighted by Crippen LogP contribution is 2.43. The maximum atomic E-state index is 11.8. The number of carbonyl (C=O) groups is 1. The van der Waals surface area contributed by atoms with Gasteiger partial charge in [0.1, 0.15) is 0 Å². The summed E-state index contributed by atoms with van der Waals surface area (Å²) in [7, 11) is 0. The van der Waals surface area contributed by atoms with Crippen molar-refractivity contribution in [3.63, 3.8) is 0 Å². The fraction of sp³-hybridized carbons (Fsp3) is 0.348. The number of hydrogen-bond donors (Lipinski definition) is 1. The van der Waals surface area contributed by atoms with E-state index in [1.807, 2.05) is 43.0 Å². The summed E-state index contributed by atoms with van der Waals surface area (Å²) in [5, 5.41) is 2.80. The van der Waals surface area contributed by atoms with Gasteiger partial charge >= 0.3 is 0 Å². The first-order chi connectivity index (χ1) is 12.5. The van der Waals surface area contributed by atoms with Crippen LogP contribution in [0.2, 0.25) is 0 Å². The number of nitrogens with one attached hydrogen (secondary N) is 1. The molecule has 0 atom stereocenters. The zero-order valence-electron chi connectivity index (χ0n) is 15.7. The highest BCUT2D eigenvalue weighted by Gasteiger charge is 2.28. The van der Waals surface area contributed by atoms with E-state index >= 15 is 0 Å². The molecule has 2 aromatic carbocycles. The molecule has 3 heteroatoms. The summed E-state index contributed by atoms with van der Waals surface area (Å²) in [5.74, 6) is 7.67. The fourth-order valence-electron chi connectivity index (χ4n) is 3.18. The van der Waals surface area contributed by atoms with Crippen molar-refractivity contribution in [3.8, 4) is 11.8 Å². The Kier molecular flexibility index (Phi) is 5.74. The largest absolute Gasteiger partial charge is 0.352 e. The lowest BCUT2D eigenvalue weighted by Gasteiger charge is -2.33. The second kappa shape index (κ2) is 8.01. The Labute approximate surface area is 160 Å². The van der Waals surface area contributed by atoms with E-state index in [2.05, 4.69) is 49.2 Å². The number of thioether (sulfide) groups is 1. The van der Waals surface area contributed by atoms with Gasteiger partial charge in [0.25, 0.3) is 5.91 Å². The number of carbonyl (C=O) groups excluding carboxylic acids is 1. The molecule has 0 spiro atoms. The number of fused-ring (bicyclic) bond motifs is 1. The van der Waals surface area contributed by atoms with Gasteiger partial charge in [-0.1, -0.05) is 43.9 Å². The molecule has 0 aliphatic carbocycles. The molecule has 26 heavy (non-hydrogen) atoms. The van der Waals surface area contributed by atoms with Crippen molar-refractivity contribution in [2.24, 2.45) is 0 Å². The van der Waals surface area contributed by atoms with Crippen molar-refractivity contribution in [3.05, 3.63) is 64.7 Å². The molecule has 0 radical (unpaired) electrons. The van der Waals surface area contributed by atoms with E-state index in [4.69, 9.17) is 0 Å². The number of hydrogen-bond acceptors (Lipinski definition) is 2. The molecule has 0 unspecified atom stereocenters. The zero-order valence-corrected chi connectivity index (χ0v) is 16.5. The molecule has 2 nitrogen and oxygen atoms in total. The molecule has 1 amide bonds. The maximum absolute atomic E-state index is 11.8. The fourth-order valence-corrected chi connectivity index (χ4v) is 4.82. The van der Waals surface area contributed by atoms with Gasteiger partial charge in [0.05, 0.1) is 0 Å². The van der Waals surface area contributed by atoms with Gasteiger partial charge in [0.15, 0.2) is 0 Å². The smallest absolute Gasteiger partial charge is 0.251 e. The molecule has 134 valence electrons. The van der Waals surface area contributed by atoms with E-state index in [-0.39, 0.29) is 11.3 Å². The first-order valence-electron chi connectivity index (χ1n) is 9.13. The topological polar surface area (TPSA) is 29.1 Å². The van der Waals surface area contributed by atoms with E-state index in [0.29, 0.717) is 12.1 Å². The van der Waals surface area contributed by atoms with Crippen LogP contribution >= 0.6 is 11.8 Å². The third kappa shape index (κ3) is 4.14. The maximum Gasteiger partial charge on any atom is 0.251 e. The van der Waals surface area contributed by atoms with Crippen LogP contribution in [0.5, 0.6) is 0 Å². The highest BCUT2D eigenvalue weighted by atomic mass is 32.2. The molecule has 0 saturated heterocycles. The van der Waals surface area contributed by atoms with Gasteiger partial charge in [-0.25, -0.2) is 0 Å². The standard InChI is InChI=1S/C23H25NOS/c1-4-24-22(25)19-13-11-17(12-14-19)7-5-8-18-9-6-10-20-21(18)26-16-15-23(20,2)3/h6,9-14H,4,8,15-16H2,1-3H3,(H,24,25). The molecular formula is C23H25NOS. The van der Waals surface area contributed by atoms with Crippen LogP contribution in [0.25, 0.3) is 0 Å². The summed E-state index contributed by atoms with van der Waals surface area (Å²) >= 11 is 1.96. The molecule has 1 aliphatic heterocycles. The molecule has 0 bridgehead atoms. The summed E-state index contributed by atoms with van der Waals surface area (Å²) in [6.07, 6.45) is 1.97. The minimum absolute atomic E-state index is 0.0393. The highest BCUT2D eigenvalue weighted by molar-refractivity contribution is 7.99. The Hall–Kier alpha value is -2.18. The summed E-state index contributed by atoms with van der Waals surface area (Å²) in [4.78, 5) is 13.2. The quantitative estimate of drug-likeness (QED) is 0.794. The van der Waals surface area contributed by atoms with Gasteiger partial charge < -0.3 is 5.32 Å². The van der Waals surface area contributed by atoms with Gasteiger partial charge in [-0.05, 0) is 59.9 Å². The molecule has 1 aliphatic rings. The minimum Gasteiger partial charge on any atom is -0.352 e. The summed E-state index contributed by atoms with van der Waals surface area (Å²) in [6.45, 7) is 7.21. The van der Waals surface area contributed by atoms with E-state index in [9.17, 15) is 4.79 Å². The molecule has 1 heterocycles. The van der Waals surface area contributed by atoms with E-state index in [0.717, 1.165) is 12.0 Å². The Bertz CT molecular complexity index is 856. The van der Waals surface area contributed by atoms with Crippen LogP contribution in [0.1, 0.15) is 54.2 Å². The van der Waals surface area contributed by atoms with Gasteiger partial charge in [0, 0.05) is 29.0 Å². The molecule has 3 rings (SSSR count). The van der Waals surface area contributed by atoms with Crippen LogP contribution in [0.3, 0.4) is 0 Å². The molecule has 0 fully saturated rings. The zero-order chi connectivity index (χ0) is 18.6. The molecule has 2 aromatic rings. The second-order valence-corrected chi connectivity index (χ2v) is 8.30. The van der Waals surface area contributed by atoms with Crippen LogP contribution in [0.4, 0.5) is 0 Å². The Morgan fingerprint density at radius 3 is 2.69 bits per heavy atom. The summed E-state index contributed by atoms with van der Waals surface area (Å²) < 4.78 is 0. The third-order valence-electron chi connectivity index (χ3n) is 4.80. The second-order valence-electron chi connectivity index (χ2n) is 7.19. The van der Waals surface area contributed by atoms with Crippen LogP contribution in [-0.4, -0.2) is 18.2 Å². The predicted molar refractivity (Wildman–Crippen MR) is 110 cm³/mol. The van der Waals surface area contributed by atoms with Gasteiger partial charge in [-0.15, -0.1) is 11.8 Å². The summed E-state index contributed by atoms with van der Waals surface area (Å²) in [6, 6.07) is 14.1. The average molecular weight is 364 g/mol. The normalized spacial score (nSPS) is 14.7. The van der Waals surface area contributed by atoms with Crippen LogP contribution in [-0.2, 0) is 11.8 Å². The van der Waals surface area contributed by atoms with Crippen molar-refractivity contribution in [1.82, 2.24) is 5.32 Å². The van der Waals surface area contributed by atoms with E-state index in [1.165, 1.54) is 28.2 Å². The van der Waals surface area contributed by atoms with Crippen LogP contribution < -0.4 is 5.32 Å². The lowest BCUT2D eigenvalue weighted by atomic mass is 9.81. The number of benzene rings is 2. The summed E-state index contributed by atoms with van der Waals surface area (Å²) in [5.41, 5.74) is 4.65. The third-order valence-corrected chi connectivity index (χ3v) is 5.97. The minimum atomic E-state index is -0.0393. The van der Waals surface area contributed by atoms with Gasteiger partial charge in [-0.2, -0.15) is 0 Å². The van der Waals surface area contributed by atoms with Gasteiger partial charge in [0.2, 0.25) is 0 Å². The van der Waals surface area contributed by atoms with Crippen LogP contribution in [0, 0.1) is 11.8 Å². The number of rotatable bonds is 3. The SMILES string of the molecule is CCNC(=O)c1ccc(C#CCc2cccc3c2SCCC3(C)C)cc1. The van der Waals surface area contributed by atoms with Crippen molar-refractivity contribution in [2.45, 2.75) is 43.9 Å². The monoisotopic (exact) mass is 363 g/mol. The molecule has 0 saturated carbocycles. The van der Waals surface area contributed by atoms with Crippen molar-refractivity contribution < 1.29 is 4.79 Å². The van der Waals surface area contributed by atoms with Crippen molar-refractivity contribution in [2.75, 3.05) is 12.3 Å². The van der Waals surface area contributed by atoms with Crippen LogP contribution in [0.15, 0.2) is 47.4 Å². The first kappa shape index (κ1) is 18.6. The average Bonchev–Trinajstić information content (AvgIpc) is 2.63.